The van der Waals surface area contributed by atoms with Crippen LogP contribution in [0, 0.1) is 17.4 Å². The largest absolute Gasteiger partial charge is 0.392 e. The van der Waals surface area contributed by atoms with Crippen LogP contribution in [0.1, 0.15) is 33.1 Å². The smallest absolute Gasteiger partial charge is 0.162 e. The molecule has 0 aliphatic rings. The number of hydrogen-bond acceptors (Lipinski definition) is 1. The normalized spacial score (nSPS) is 12.9. The molecule has 0 aromatic heterocycles. The Bertz CT molecular complexity index is 424. The summed E-state index contributed by atoms with van der Waals surface area (Å²) in [5.74, 6) is 3.62. The second-order valence-electron chi connectivity index (χ2n) is 5.64. The summed E-state index contributed by atoms with van der Waals surface area (Å²) in [6.07, 6.45) is 2.39. The Balaban J connectivity index is 2.67. The van der Waals surface area contributed by atoms with E-state index in [0.29, 0.717) is 12.3 Å². The molecule has 2 heteroatoms. The summed E-state index contributed by atoms with van der Waals surface area (Å²) in [5.41, 5.74) is 3.44. The molecule has 0 saturated heterocycles. The molecule has 0 amide bonds. The van der Waals surface area contributed by atoms with Gasteiger partial charge in [-0.1, -0.05) is 70.1 Å². The van der Waals surface area contributed by atoms with Crippen molar-refractivity contribution in [2.45, 2.75) is 52.3 Å². The van der Waals surface area contributed by atoms with Crippen LogP contribution in [-0.2, 0) is 0 Å². The predicted octanol–water partition coefficient (Wildman–Crippen LogP) is 3.33. The topological polar surface area (TPSA) is 20.2 Å². The first-order chi connectivity index (χ1) is 9.01. The lowest BCUT2D eigenvalue weighted by Crippen LogP contribution is -2.40. The Morgan fingerprint density at radius 2 is 1.68 bits per heavy atom. The Kier molecular flexibility index (Phi) is 6.34. The van der Waals surface area contributed by atoms with Gasteiger partial charge in [0.15, 0.2) is 8.07 Å². The van der Waals surface area contributed by atoms with Crippen LogP contribution in [0.15, 0.2) is 30.3 Å². The Morgan fingerprint density at radius 3 is 2.21 bits per heavy atom. The van der Waals surface area contributed by atoms with E-state index in [0.717, 1.165) is 12.8 Å². The fraction of sp³-hybridized carbons (Fsp3) is 0.529. The third-order valence-corrected chi connectivity index (χ3v) is 6.38. The molecule has 0 aliphatic heterocycles. The Hall–Kier alpha value is -1.04. The maximum Gasteiger partial charge on any atom is 0.162 e. The second-order valence-corrected chi connectivity index (χ2v) is 9.72. The Morgan fingerprint density at radius 1 is 1.11 bits per heavy atom. The van der Waals surface area contributed by atoms with Gasteiger partial charge in [-0.2, -0.15) is 0 Å². The summed E-state index contributed by atoms with van der Waals surface area (Å²) in [4.78, 5) is 0. The standard InChI is InChI=1S/C17H26OSi/c1-5-15(6-2)17(18)13-10-14-19(3,4)16-11-8-7-9-12-16/h7-9,11-12,15,17-18H,5-6,13H2,1-4H3. The van der Waals surface area contributed by atoms with Crippen molar-refractivity contribution in [3.05, 3.63) is 30.3 Å². The third kappa shape index (κ3) is 4.85. The number of rotatable bonds is 5. The summed E-state index contributed by atoms with van der Waals surface area (Å²) in [6.45, 7) is 8.79. The van der Waals surface area contributed by atoms with Gasteiger partial charge in [-0.05, 0) is 11.1 Å². The molecule has 0 radical (unpaired) electrons. The van der Waals surface area contributed by atoms with E-state index in [-0.39, 0.29) is 6.10 Å². The van der Waals surface area contributed by atoms with E-state index in [1.54, 1.807) is 0 Å². The quantitative estimate of drug-likeness (QED) is 0.645. The van der Waals surface area contributed by atoms with Gasteiger partial charge in [0, 0.05) is 6.42 Å². The molecule has 0 spiro atoms. The van der Waals surface area contributed by atoms with Crippen molar-refractivity contribution >= 4 is 13.3 Å². The van der Waals surface area contributed by atoms with Gasteiger partial charge in [0.05, 0.1) is 6.10 Å². The highest BCUT2D eigenvalue weighted by Gasteiger charge is 2.20. The lowest BCUT2D eigenvalue weighted by atomic mass is 9.95. The van der Waals surface area contributed by atoms with Gasteiger partial charge < -0.3 is 5.11 Å². The minimum atomic E-state index is -1.67. The Labute approximate surface area is 119 Å². The van der Waals surface area contributed by atoms with Crippen molar-refractivity contribution in [1.29, 1.82) is 0 Å². The van der Waals surface area contributed by atoms with Crippen molar-refractivity contribution in [1.82, 2.24) is 0 Å². The summed E-state index contributed by atoms with van der Waals surface area (Å²) >= 11 is 0. The molecule has 1 aromatic carbocycles. The van der Waals surface area contributed by atoms with Crippen LogP contribution in [-0.4, -0.2) is 19.3 Å². The van der Waals surface area contributed by atoms with Crippen molar-refractivity contribution in [2.75, 3.05) is 0 Å². The van der Waals surface area contributed by atoms with E-state index in [1.165, 1.54) is 5.19 Å². The van der Waals surface area contributed by atoms with Gasteiger partial charge in [0.1, 0.15) is 0 Å². The van der Waals surface area contributed by atoms with Crippen LogP contribution in [0.25, 0.3) is 0 Å². The average molecular weight is 274 g/mol. The molecule has 0 saturated carbocycles. The zero-order valence-electron chi connectivity index (χ0n) is 12.6. The molecule has 0 heterocycles. The van der Waals surface area contributed by atoms with E-state index in [9.17, 15) is 5.11 Å². The van der Waals surface area contributed by atoms with Gasteiger partial charge in [-0.3, -0.25) is 0 Å². The zero-order chi connectivity index (χ0) is 14.3. The highest BCUT2D eigenvalue weighted by molar-refractivity contribution is 6.96. The number of hydrogen-bond donors (Lipinski definition) is 1. The van der Waals surface area contributed by atoms with E-state index < -0.39 is 8.07 Å². The van der Waals surface area contributed by atoms with E-state index in [4.69, 9.17) is 0 Å². The van der Waals surface area contributed by atoms with Gasteiger partial charge in [-0.25, -0.2) is 0 Å². The van der Waals surface area contributed by atoms with Crippen molar-refractivity contribution in [3.8, 4) is 11.5 Å². The van der Waals surface area contributed by atoms with Crippen LogP contribution in [0.4, 0.5) is 0 Å². The van der Waals surface area contributed by atoms with Crippen LogP contribution in [0.2, 0.25) is 13.1 Å². The molecule has 104 valence electrons. The maximum absolute atomic E-state index is 10.1. The summed E-state index contributed by atoms with van der Waals surface area (Å²) in [6, 6.07) is 10.5. The van der Waals surface area contributed by atoms with Gasteiger partial charge in [0.2, 0.25) is 0 Å². The molecule has 1 unspecified atom stereocenters. The zero-order valence-corrected chi connectivity index (χ0v) is 13.6. The predicted molar refractivity (Wildman–Crippen MR) is 86.0 cm³/mol. The highest BCUT2D eigenvalue weighted by Crippen LogP contribution is 2.15. The molecule has 0 aliphatic carbocycles. The minimum absolute atomic E-state index is 0.275. The second kappa shape index (κ2) is 7.52. The first kappa shape index (κ1) is 16.0. The highest BCUT2D eigenvalue weighted by atomic mass is 28.3. The van der Waals surface area contributed by atoms with E-state index >= 15 is 0 Å². The molecule has 0 fully saturated rings. The van der Waals surface area contributed by atoms with Crippen LogP contribution in [0.3, 0.4) is 0 Å². The average Bonchev–Trinajstić information content (AvgIpc) is 2.41. The molecule has 1 N–H and O–H groups in total. The molecular formula is C17H26OSi. The first-order valence-corrected chi connectivity index (χ1v) is 10.2. The van der Waals surface area contributed by atoms with Gasteiger partial charge in [-0.15, -0.1) is 11.5 Å². The molecule has 1 rings (SSSR count). The number of benzene rings is 1. The van der Waals surface area contributed by atoms with Crippen LogP contribution < -0.4 is 5.19 Å². The van der Waals surface area contributed by atoms with Crippen LogP contribution in [0.5, 0.6) is 0 Å². The number of aliphatic hydroxyl groups excluding tert-OH is 1. The van der Waals surface area contributed by atoms with E-state index in [2.05, 4.69) is 62.7 Å². The van der Waals surface area contributed by atoms with Crippen molar-refractivity contribution < 1.29 is 5.11 Å². The third-order valence-electron chi connectivity index (χ3n) is 3.80. The van der Waals surface area contributed by atoms with Crippen molar-refractivity contribution in [3.63, 3.8) is 0 Å². The SMILES string of the molecule is CCC(CC)C(O)CC#C[Si](C)(C)c1ccccc1. The molecular weight excluding hydrogens is 248 g/mol. The summed E-state index contributed by atoms with van der Waals surface area (Å²) in [5, 5.41) is 11.4. The van der Waals surface area contributed by atoms with E-state index in [1.807, 2.05) is 6.07 Å². The fourth-order valence-electron chi connectivity index (χ4n) is 2.30. The molecule has 1 nitrogen and oxygen atoms in total. The van der Waals surface area contributed by atoms with Crippen LogP contribution >= 0.6 is 0 Å². The fourth-order valence-corrected chi connectivity index (χ4v) is 4.02. The monoisotopic (exact) mass is 274 g/mol. The molecule has 1 atom stereocenters. The van der Waals surface area contributed by atoms with Gasteiger partial charge in [0.25, 0.3) is 0 Å². The van der Waals surface area contributed by atoms with Gasteiger partial charge >= 0.3 is 0 Å². The summed E-state index contributed by atoms with van der Waals surface area (Å²) in [7, 11) is -1.67. The maximum atomic E-state index is 10.1. The minimum Gasteiger partial charge on any atom is -0.392 e. The lowest BCUT2D eigenvalue weighted by Gasteiger charge is -2.18. The first-order valence-electron chi connectivity index (χ1n) is 7.24. The summed E-state index contributed by atoms with van der Waals surface area (Å²) < 4.78 is 0. The molecule has 0 bridgehead atoms. The molecule has 19 heavy (non-hydrogen) atoms. The van der Waals surface area contributed by atoms with Crippen molar-refractivity contribution in [2.24, 2.45) is 5.92 Å². The molecule has 1 aromatic rings. The number of aliphatic hydroxyl groups is 1. The lowest BCUT2D eigenvalue weighted by molar-refractivity contribution is 0.107.